The highest BCUT2D eigenvalue weighted by Gasteiger charge is 2.27. The van der Waals surface area contributed by atoms with Crippen molar-refractivity contribution < 1.29 is 10.0 Å². The molecule has 1 fully saturated rings. The molecule has 0 spiro atoms. The van der Waals surface area contributed by atoms with Crippen molar-refractivity contribution in [1.82, 2.24) is 0 Å². The molecule has 19 heavy (non-hydrogen) atoms. The molecule has 0 amide bonds. The summed E-state index contributed by atoms with van der Waals surface area (Å²) in [5.74, 6) is 0.266. The SMILES string of the molecule is Cc1cc(NC2CCCC2CO)c(Br)cc1[N+](=O)[O-]. The molecule has 0 heterocycles. The lowest BCUT2D eigenvalue weighted by Crippen LogP contribution is -2.26. The van der Waals surface area contributed by atoms with Crippen LogP contribution in [0.1, 0.15) is 24.8 Å². The predicted octanol–water partition coefficient (Wildman–Crippen LogP) is 3.24. The van der Waals surface area contributed by atoms with E-state index in [2.05, 4.69) is 21.2 Å². The van der Waals surface area contributed by atoms with Gasteiger partial charge in [-0.15, -0.1) is 0 Å². The predicted molar refractivity (Wildman–Crippen MR) is 77.4 cm³/mol. The van der Waals surface area contributed by atoms with Crippen molar-refractivity contribution in [3.8, 4) is 0 Å². The molecule has 2 atom stereocenters. The van der Waals surface area contributed by atoms with Crippen LogP contribution in [0, 0.1) is 23.0 Å². The Morgan fingerprint density at radius 1 is 1.53 bits per heavy atom. The maximum Gasteiger partial charge on any atom is 0.273 e. The Hall–Kier alpha value is -1.14. The zero-order valence-electron chi connectivity index (χ0n) is 10.7. The van der Waals surface area contributed by atoms with Gasteiger partial charge in [-0.25, -0.2) is 0 Å². The van der Waals surface area contributed by atoms with Crippen LogP contribution in [0.25, 0.3) is 0 Å². The number of rotatable bonds is 4. The number of aryl methyl sites for hydroxylation is 1. The molecule has 1 saturated carbocycles. The van der Waals surface area contributed by atoms with Crippen LogP contribution in [-0.2, 0) is 0 Å². The van der Waals surface area contributed by atoms with Gasteiger partial charge >= 0.3 is 0 Å². The number of aliphatic hydroxyl groups excluding tert-OH is 1. The smallest absolute Gasteiger partial charge is 0.273 e. The van der Waals surface area contributed by atoms with E-state index < -0.39 is 0 Å². The number of nitro benzene ring substituents is 1. The summed E-state index contributed by atoms with van der Waals surface area (Å²) < 4.78 is 0.688. The van der Waals surface area contributed by atoms with E-state index in [1.54, 1.807) is 13.0 Å². The van der Waals surface area contributed by atoms with Gasteiger partial charge < -0.3 is 10.4 Å². The molecule has 1 aliphatic carbocycles. The van der Waals surface area contributed by atoms with Crippen molar-refractivity contribution in [2.45, 2.75) is 32.2 Å². The molecule has 2 rings (SSSR count). The number of hydrogen-bond donors (Lipinski definition) is 2. The van der Waals surface area contributed by atoms with Crippen LogP contribution < -0.4 is 5.32 Å². The maximum absolute atomic E-state index is 10.9. The molecule has 5 nitrogen and oxygen atoms in total. The molecule has 1 aromatic carbocycles. The van der Waals surface area contributed by atoms with Gasteiger partial charge in [-0.1, -0.05) is 6.42 Å². The fourth-order valence-corrected chi connectivity index (χ4v) is 3.07. The third-order valence-corrected chi connectivity index (χ3v) is 4.37. The molecular formula is C13H17BrN2O3. The summed E-state index contributed by atoms with van der Waals surface area (Å²) in [4.78, 5) is 10.5. The molecule has 2 unspecified atom stereocenters. The van der Waals surface area contributed by atoms with Crippen molar-refractivity contribution in [1.29, 1.82) is 0 Å². The van der Waals surface area contributed by atoms with Crippen LogP contribution in [0.4, 0.5) is 11.4 Å². The summed E-state index contributed by atoms with van der Waals surface area (Å²) in [6.07, 6.45) is 3.15. The fourth-order valence-electron chi connectivity index (χ4n) is 2.62. The number of nitrogens with one attached hydrogen (secondary N) is 1. The lowest BCUT2D eigenvalue weighted by atomic mass is 10.0. The molecule has 1 aliphatic rings. The van der Waals surface area contributed by atoms with E-state index >= 15 is 0 Å². The quantitative estimate of drug-likeness (QED) is 0.657. The third kappa shape index (κ3) is 3.06. The lowest BCUT2D eigenvalue weighted by molar-refractivity contribution is -0.385. The Kier molecular flexibility index (Phi) is 4.42. The van der Waals surface area contributed by atoms with Crippen molar-refractivity contribution in [2.24, 2.45) is 5.92 Å². The molecule has 6 heteroatoms. The van der Waals surface area contributed by atoms with Gasteiger partial charge in [0.25, 0.3) is 5.69 Å². The number of halogens is 1. The van der Waals surface area contributed by atoms with Crippen LogP contribution in [0.3, 0.4) is 0 Å². The number of anilines is 1. The summed E-state index contributed by atoms with van der Waals surface area (Å²) in [6.45, 7) is 1.91. The van der Waals surface area contributed by atoms with Crippen LogP contribution in [-0.4, -0.2) is 22.7 Å². The van der Waals surface area contributed by atoms with Gasteiger partial charge in [0.2, 0.25) is 0 Å². The van der Waals surface area contributed by atoms with Crippen molar-refractivity contribution >= 4 is 27.3 Å². The average molecular weight is 329 g/mol. The van der Waals surface area contributed by atoms with Crippen LogP contribution >= 0.6 is 15.9 Å². The molecular weight excluding hydrogens is 312 g/mol. The Balaban J connectivity index is 2.21. The summed E-state index contributed by atoms with van der Waals surface area (Å²) in [7, 11) is 0. The Morgan fingerprint density at radius 2 is 2.26 bits per heavy atom. The molecule has 2 N–H and O–H groups in total. The van der Waals surface area contributed by atoms with E-state index in [0.717, 1.165) is 24.9 Å². The molecule has 0 aromatic heterocycles. The van der Waals surface area contributed by atoms with E-state index in [0.29, 0.717) is 10.0 Å². The second-order valence-corrected chi connectivity index (χ2v) is 5.85. The molecule has 0 bridgehead atoms. The highest BCUT2D eigenvalue weighted by molar-refractivity contribution is 9.10. The van der Waals surface area contributed by atoms with E-state index in [1.807, 2.05) is 0 Å². The zero-order valence-corrected chi connectivity index (χ0v) is 12.3. The van der Waals surface area contributed by atoms with Crippen LogP contribution in [0.15, 0.2) is 16.6 Å². The number of nitrogens with zero attached hydrogens (tertiary/aromatic N) is 1. The molecule has 0 aliphatic heterocycles. The number of hydrogen-bond acceptors (Lipinski definition) is 4. The van der Waals surface area contributed by atoms with Gasteiger partial charge in [-0.05, 0) is 41.8 Å². The molecule has 0 saturated heterocycles. The zero-order chi connectivity index (χ0) is 14.0. The van der Waals surface area contributed by atoms with Gasteiger partial charge in [-0.2, -0.15) is 0 Å². The first-order valence-electron chi connectivity index (χ1n) is 6.35. The topological polar surface area (TPSA) is 75.4 Å². The first kappa shape index (κ1) is 14.3. The van der Waals surface area contributed by atoms with Crippen LogP contribution in [0.5, 0.6) is 0 Å². The lowest BCUT2D eigenvalue weighted by Gasteiger charge is -2.21. The number of aliphatic hydroxyl groups is 1. The Morgan fingerprint density at radius 3 is 2.89 bits per heavy atom. The summed E-state index contributed by atoms with van der Waals surface area (Å²) in [5, 5.41) is 23.6. The highest BCUT2D eigenvalue weighted by Crippen LogP contribution is 2.34. The van der Waals surface area contributed by atoms with Gasteiger partial charge in [0.05, 0.1) is 4.92 Å². The van der Waals surface area contributed by atoms with Crippen molar-refractivity contribution in [3.05, 3.63) is 32.3 Å². The van der Waals surface area contributed by atoms with E-state index in [-0.39, 0.29) is 29.2 Å². The first-order chi connectivity index (χ1) is 9.02. The van der Waals surface area contributed by atoms with Crippen molar-refractivity contribution in [2.75, 3.05) is 11.9 Å². The standard InChI is InChI=1S/C13H17BrN2O3/c1-8-5-12(10(14)6-13(8)16(18)19)15-11-4-2-3-9(11)7-17/h5-6,9,11,15,17H,2-4,7H2,1H3. The largest absolute Gasteiger partial charge is 0.396 e. The van der Waals surface area contributed by atoms with Crippen molar-refractivity contribution in [3.63, 3.8) is 0 Å². The van der Waals surface area contributed by atoms with Gasteiger partial charge in [-0.3, -0.25) is 10.1 Å². The van der Waals surface area contributed by atoms with E-state index in [4.69, 9.17) is 0 Å². The monoisotopic (exact) mass is 328 g/mol. The summed E-state index contributed by atoms with van der Waals surface area (Å²) in [5.41, 5.74) is 1.60. The summed E-state index contributed by atoms with van der Waals surface area (Å²) >= 11 is 3.37. The maximum atomic E-state index is 10.9. The molecule has 104 valence electrons. The highest BCUT2D eigenvalue weighted by atomic mass is 79.9. The average Bonchev–Trinajstić information content (AvgIpc) is 2.80. The van der Waals surface area contributed by atoms with Gasteiger partial charge in [0.1, 0.15) is 0 Å². The number of nitro groups is 1. The minimum absolute atomic E-state index is 0.113. The minimum atomic E-state index is -0.379. The third-order valence-electron chi connectivity index (χ3n) is 3.72. The second-order valence-electron chi connectivity index (χ2n) is 5.00. The van der Waals surface area contributed by atoms with E-state index in [9.17, 15) is 15.2 Å². The minimum Gasteiger partial charge on any atom is -0.396 e. The van der Waals surface area contributed by atoms with Crippen LogP contribution in [0.2, 0.25) is 0 Å². The van der Waals surface area contributed by atoms with Gasteiger partial charge in [0, 0.05) is 40.4 Å². The fraction of sp³-hybridized carbons (Fsp3) is 0.538. The van der Waals surface area contributed by atoms with E-state index in [1.165, 1.54) is 6.07 Å². The summed E-state index contributed by atoms with van der Waals surface area (Å²) in [6, 6.07) is 3.55. The normalized spacial score (nSPS) is 22.5. The Bertz CT molecular complexity index is 493. The number of benzene rings is 1. The Labute approximate surface area is 120 Å². The van der Waals surface area contributed by atoms with Gasteiger partial charge in [0.15, 0.2) is 0 Å². The first-order valence-corrected chi connectivity index (χ1v) is 7.14. The molecule has 1 aromatic rings. The molecule has 0 radical (unpaired) electrons. The second kappa shape index (κ2) is 5.88.